The second kappa shape index (κ2) is 6.14. The fourth-order valence-corrected chi connectivity index (χ4v) is 2.85. The van der Waals surface area contributed by atoms with Crippen LogP contribution in [0.4, 0.5) is 0 Å². The summed E-state index contributed by atoms with van der Waals surface area (Å²) in [7, 11) is 4.00. The van der Waals surface area contributed by atoms with Gasteiger partial charge in [-0.25, -0.2) is 0 Å². The van der Waals surface area contributed by atoms with Gasteiger partial charge < -0.3 is 9.88 Å². The summed E-state index contributed by atoms with van der Waals surface area (Å²) in [5.74, 6) is 0. The number of fused-ring (bicyclic) bond motifs is 1. The fraction of sp³-hybridized carbons (Fsp3) is 0.353. The highest BCUT2D eigenvalue weighted by Gasteiger charge is 2.08. The van der Waals surface area contributed by atoms with Crippen molar-refractivity contribution in [1.82, 2.24) is 19.7 Å². The summed E-state index contributed by atoms with van der Waals surface area (Å²) in [5.41, 5.74) is 4.01. The highest BCUT2D eigenvalue weighted by molar-refractivity contribution is 5.84. The molecule has 1 N–H and O–H groups in total. The van der Waals surface area contributed by atoms with E-state index in [1.807, 2.05) is 25.0 Å². The maximum Gasteiger partial charge on any atom is 0.0492 e. The average Bonchev–Trinajstić information content (AvgIpc) is 3.07. The van der Waals surface area contributed by atoms with Gasteiger partial charge in [-0.1, -0.05) is 18.2 Å². The molecule has 0 bridgehead atoms. The summed E-state index contributed by atoms with van der Waals surface area (Å²) in [4.78, 5) is 0. The van der Waals surface area contributed by atoms with Crippen molar-refractivity contribution < 1.29 is 0 Å². The molecule has 3 aromatic rings. The zero-order valence-corrected chi connectivity index (χ0v) is 12.7. The number of aromatic nitrogens is 3. The lowest BCUT2D eigenvalue weighted by molar-refractivity contribution is 0.647. The predicted octanol–water partition coefficient (Wildman–Crippen LogP) is 2.38. The van der Waals surface area contributed by atoms with Crippen molar-refractivity contribution in [3.05, 3.63) is 54.0 Å². The molecule has 1 aromatic carbocycles. The molecular formula is C17H22N4. The molecule has 4 heteroatoms. The van der Waals surface area contributed by atoms with Crippen LogP contribution in [0.25, 0.3) is 10.9 Å². The van der Waals surface area contributed by atoms with Gasteiger partial charge in [0.2, 0.25) is 0 Å². The largest absolute Gasteiger partial charge is 0.347 e. The van der Waals surface area contributed by atoms with Crippen molar-refractivity contribution in [2.24, 2.45) is 7.05 Å². The lowest BCUT2D eigenvalue weighted by Gasteiger charge is -2.05. The van der Waals surface area contributed by atoms with Crippen LogP contribution in [0.3, 0.4) is 0 Å². The van der Waals surface area contributed by atoms with Crippen molar-refractivity contribution >= 4 is 10.9 Å². The number of aryl methyl sites for hydroxylation is 3. The van der Waals surface area contributed by atoms with E-state index in [1.54, 1.807) is 0 Å². The lowest BCUT2D eigenvalue weighted by atomic mass is 10.1. The molecule has 0 fully saturated rings. The second-order valence-corrected chi connectivity index (χ2v) is 5.41. The van der Waals surface area contributed by atoms with Gasteiger partial charge in [0.15, 0.2) is 0 Å². The highest BCUT2D eigenvalue weighted by atomic mass is 15.3. The molecular weight excluding hydrogens is 260 g/mol. The molecule has 0 aliphatic rings. The van der Waals surface area contributed by atoms with Crippen molar-refractivity contribution in [3.8, 4) is 0 Å². The first-order valence-corrected chi connectivity index (χ1v) is 7.48. The highest BCUT2D eigenvalue weighted by Crippen LogP contribution is 2.22. The summed E-state index contributed by atoms with van der Waals surface area (Å²) in [6.07, 6.45) is 6.23. The minimum absolute atomic E-state index is 0.986. The van der Waals surface area contributed by atoms with Crippen LogP contribution in [0.5, 0.6) is 0 Å². The molecule has 4 nitrogen and oxygen atoms in total. The summed E-state index contributed by atoms with van der Waals surface area (Å²) < 4.78 is 4.32. The van der Waals surface area contributed by atoms with Gasteiger partial charge in [0.25, 0.3) is 0 Å². The van der Waals surface area contributed by atoms with Gasteiger partial charge in [-0.05, 0) is 37.7 Å². The van der Waals surface area contributed by atoms with Gasteiger partial charge in [-0.3, -0.25) is 4.68 Å². The van der Waals surface area contributed by atoms with E-state index in [0.29, 0.717) is 0 Å². The van der Waals surface area contributed by atoms with E-state index < -0.39 is 0 Å². The van der Waals surface area contributed by atoms with E-state index in [9.17, 15) is 0 Å². The molecule has 2 aromatic heterocycles. The Balaban J connectivity index is 1.86. The monoisotopic (exact) mass is 282 g/mol. The molecule has 0 saturated heterocycles. The van der Waals surface area contributed by atoms with Crippen LogP contribution in [-0.2, 0) is 26.4 Å². The van der Waals surface area contributed by atoms with Gasteiger partial charge in [0.1, 0.15) is 0 Å². The molecule has 0 aliphatic carbocycles. The summed E-state index contributed by atoms with van der Waals surface area (Å²) >= 11 is 0. The molecule has 0 saturated carbocycles. The summed E-state index contributed by atoms with van der Waals surface area (Å²) in [5, 5.41) is 8.84. The maximum absolute atomic E-state index is 4.24. The SMILES string of the molecule is CNCCc1cn(CCc2ccnn2C)c2ccccc12. The number of benzene rings is 1. The summed E-state index contributed by atoms with van der Waals surface area (Å²) in [6.45, 7) is 2.00. The molecule has 21 heavy (non-hydrogen) atoms. The maximum atomic E-state index is 4.24. The van der Waals surface area contributed by atoms with E-state index in [0.717, 1.165) is 25.9 Å². The molecule has 0 spiro atoms. The Morgan fingerprint density at radius 2 is 2.00 bits per heavy atom. The minimum Gasteiger partial charge on any atom is -0.347 e. The third-order valence-corrected chi connectivity index (χ3v) is 4.05. The molecule has 0 atom stereocenters. The standard InChI is InChI=1S/C17H22N4/c1-18-10-7-14-13-21(17-6-4-3-5-16(14)17)12-9-15-8-11-19-20(15)2/h3-6,8,11,13,18H,7,9-10,12H2,1-2H3. The van der Waals surface area contributed by atoms with Gasteiger partial charge in [0.05, 0.1) is 0 Å². The summed E-state index contributed by atoms with van der Waals surface area (Å²) in [6, 6.07) is 10.8. The van der Waals surface area contributed by atoms with Gasteiger partial charge in [-0.15, -0.1) is 0 Å². The Morgan fingerprint density at radius 3 is 2.76 bits per heavy atom. The molecule has 2 heterocycles. The van der Waals surface area contributed by atoms with Gasteiger partial charge >= 0.3 is 0 Å². The van der Waals surface area contributed by atoms with Crippen molar-refractivity contribution in [3.63, 3.8) is 0 Å². The van der Waals surface area contributed by atoms with Crippen LogP contribution >= 0.6 is 0 Å². The first kappa shape index (κ1) is 13.9. The van der Waals surface area contributed by atoms with E-state index >= 15 is 0 Å². The van der Waals surface area contributed by atoms with Crippen molar-refractivity contribution in [2.75, 3.05) is 13.6 Å². The zero-order chi connectivity index (χ0) is 14.7. The number of nitrogens with one attached hydrogen (secondary N) is 1. The topological polar surface area (TPSA) is 34.8 Å². The van der Waals surface area contributed by atoms with Crippen LogP contribution in [-0.4, -0.2) is 27.9 Å². The van der Waals surface area contributed by atoms with Crippen LogP contribution in [0.1, 0.15) is 11.3 Å². The molecule has 0 unspecified atom stereocenters. The lowest BCUT2D eigenvalue weighted by Crippen LogP contribution is -2.10. The quantitative estimate of drug-likeness (QED) is 0.753. The normalized spacial score (nSPS) is 11.3. The number of hydrogen-bond acceptors (Lipinski definition) is 2. The Labute approximate surface area is 125 Å². The van der Waals surface area contributed by atoms with Crippen molar-refractivity contribution in [1.29, 1.82) is 0 Å². The number of nitrogens with zero attached hydrogens (tertiary/aromatic N) is 3. The predicted molar refractivity (Wildman–Crippen MR) is 86.5 cm³/mol. The van der Waals surface area contributed by atoms with Gasteiger partial charge in [0, 0.05) is 49.0 Å². The number of para-hydroxylation sites is 1. The van der Waals surface area contributed by atoms with Crippen LogP contribution in [0, 0.1) is 0 Å². The van der Waals surface area contributed by atoms with Crippen LogP contribution in [0.15, 0.2) is 42.7 Å². The Morgan fingerprint density at radius 1 is 1.14 bits per heavy atom. The third kappa shape index (κ3) is 2.85. The Hall–Kier alpha value is -2.07. The van der Waals surface area contributed by atoms with Crippen LogP contribution < -0.4 is 5.32 Å². The van der Waals surface area contributed by atoms with Crippen molar-refractivity contribution in [2.45, 2.75) is 19.4 Å². The Bertz CT molecular complexity index is 723. The fourth-order valence-electron chi connectivity index (χ4n) is 2.85. The molecule has 0 amide bonds. The minimum atomic E-state index is 0.986. The Kier molecular flexibility index (Phi) is 4.06. The second-order valence-electron chi connectivity index (χ2n) is 5.41. The smallest absolute Gasteiger partial charge is 0.0492 e. The molecule has 3 rings (SSSR count). The van der Waals surface area contributed by atoms with E-state index in [1.165, 1.54) is 22.2 Å². The van der Waals surface area contributed by atoms with E-state index in [2.05, 4.69) is 51.5 Å². The molecule has 0 radical (unpaired) electrons. The average molecular weight is 282 g/mol. The zero-order valence-electron chi connectivity index (χ0n) is 12.7. The van der Waals surface area contributed by atoms with E-state index in [4.69, 9.17) is 0 Å². The first-order chi connectivity index (χ1) is 10.3. The van der Waals surface area contributed by atoms with Crippen LogP contribution in [0.2, 0.25) is 0 Å². The molecule has 110 valence electrons. The van der Waals surface area contributed by atoms with Gasteiger partial charge in [-0.2, -0.15) is 5.10 Å². The third-order valence-electron chi connectivity index (χ3n) is 4.05. The number of likely N-dealkylation sites (N-methyl/N-ethyl adjacent to an activating group) is 1. The van der Waals surface area contributed by atoms with E-state index in [-0.39, 0.29) is 0 Å². The first-order valence-electron chi connectivity index (χ1n) is 7.48. The number of rotatable bonds is 6. The molecule has 0 aliphatic heterocycles. The number of hydrogen-bond donors (Lipinski definition) is 1.